The van der Waals surface area contributed by atoms with Gasteiger partial charge in [-0.15, -0.1) is 0 Å². The Morgan fingerprint density at radius 2 is 2.03 bits per heavy atom. The molecule has 0 atom stereocenters. The van der Waals surface area contributed by atoms with Crippen molar-refractivity contribution in [3.63, 3.8) is 0 Å². The van der Waals surface area contributed by atoms with Crippen molar-refractivity contribution >= 4 is 55.2 Å². The maximum atomic E-state index is 11.0. The SMILES string of the molecule is Cc1ccc2c(c1)sc(C=C1Sc3ccccc3N1CCCS(=O)(=O)[O-])[n+]2CCO. The molecule has 0 radical (unpaired) electrons. The normalized spacial score (nSPS) is 15.3. The summed E-state index contributed by atoms with van der Waals surface area (Å²) in [5, 5.41) is 11.6. The lowest BCUT2D eigenvalue weighted by molar-refractivity contribution is -0.670. The van der Waals surface area contributed by atoms with Gasteiger partial charge in [0.2, 0.25) is 5.52 Å². The lowest BCUT2D eigenvalue weighted by Gasteiger charge is -2.20. The number of rotatable bonds is 7. The van der Waals surface area contributed by atoms with Crippen molar-refractivity contribution in [1.82, 2.24) is 0 Å². The van der Waals surface area contributed by atoms with E-state index >= 15 is 0 Å². The van der Waals surface area contributed by atoms with Crippen molar-refractivity contribution in [2.24, 2.45) is 0 Å². The Balaban J connectivity index is 1.73. The third-order valence-electron chi connectivity index (χ3n) is 4.87. The molecule has 1 aromatic heterocycles. The van der Waals surface area contributed by atoms with E-state index in [0.717, 1.165) is 30.8 Å². The molecular formula is C21H22N2O4S3. The Labute approximate surface area is 184 Å². The first kappa shape index (κ1) is 21.3. The van der Waals surface area contributed by atoms with Crippen molar-refractivity contribution in [3.8, 4) is 0 Å². The molecule has 6 nitrogen and oxygen atoms in total. The summed E-state index contributed by atoms with van der Waals surface area (Å²) in [6, 6.07) is 14.3. The Bertz CT molecular complexity index is 1220. The number of aliphatic hydroxyl groups excluding tert-OH is 1. The van der Waals surface area contributed by atoms with Gasteiger partial charge < -0.3 is 14.6 Å². The minimum Gasteiger partial charge on any atom is -0.748 e. The molecule has 0 spiro atoms. The zero-order valence-electron chi connectivity index (χ0n) is 16.4. The predicted molar refractivity (Wildman–Crippen MR) is 121 cm³/mol. The first-order valence-electron chi connectivity index (χ1n) is 9.59. The van der Waals surface area contributed by atoms with E-state index in [1.165, 1.54) is 5.56 Å². The number of aryl methyl sites for hydroxylation is 1. The molecule has 0 saturated carbocycles. The molecule has 2 heterocycles. The maximum Gasteiger partial charge on any atom is 0.265 e. The van der Waals surface area contributed by atoms with Crippen LogP contribution in [0.25, 0.3) is 16.3 Å². The van der Waals surface area contributed by atoms with Crippen molar-refractivity contribution < 1.29 is 22.6 Å². The summed E-state index contributed by atoms with van der Waals surface area (Å²) >= 11 is 3.29. The average Bonchev–Trinajstić information content (AvgIpc) is 3.19. The zero-order chi connectivity index (χ0) is 21.3. The summed E-state index contributed by atoms with van der Waals surface area (Å²) in [5.41, 5.74) is 3.28. The second-order valence-electron chi connectivity index (χ2n) is 7.11. The Morgan fingerprint density at radius 3 is 2.80 bits per heavy atom. The molecule has 0 saturated heterocycles. The number of para-hydroxylation sites is 1. The predicted octanol–water partition coefficient (Wildman–Crippen LogP) is 3.34. The fraction of sp³-hybridized carbons (Fsp3) is 0.286. The van der Waals surface area contributed by atoms with Gasteiger partial charge in [0.25, 0.3) is 5.01 Å². The molecule has 1 N–H and O–H groups in total. The Hall–Kier alpha value is -1.91. The van der Waals surface area contributed by atoms with Crippen molar-refractivity contribution in [1.29, 1.82) is 0 Å². The van der Waals surface area contributed by atoms with Crippen LogP contribution in [0.5, 0.6) is 0 Å². The number of aliphatic hydroxyl groups is 1. The van der Waals surface area contributed by atoms with E-state index in [2.05, 4.69) is 40.7 Å². The second kappa shape index (κ2) is 8.68. The number of anilines is 1. The minimum absolute atomic E-state index is 0.0407. The molecule has 158 valence electrons. The van der Waals surface area contributed by atoms with Crippen LogP contribution in [0.15, 0.2) is 52.4 Å². The number of hydrogen-bond donors (Lipinski definition) is 1. The van der Waals surface area contributed by atoms with Crippen LogP contribution in [0.2, 0.25) is 0 Å². The Kier molecular flexibility index (Phi) is 6.17. The third-order valence-corrected chi connectivity index (χ3v) is 7.87. The van der Waals surface area contributed by atoms with Crippen LogP contribution in [0.1, 0.15) is 17.0 Å². The number of aromatic nitrogens is 1. The lowest BCUT2D eigenvalue weighted by Crippen LogP contribution is -2.37. The molecule has 0 amide bonds. The number of fused-ring (bicyclic) bond motifs is 2. The second-order valence-corrected chi connectivity index (χ2v) is 10.8. The fourth-order valence-electron chi connectivity index (χ4n) is 3.55. The highest BCUT2D eigenvalue weighted by molar-refractivity contribution is 8.03. The molecule has 1 aliphatic rings. The number of hydrogen-bond acceptors (Lipinski definition) is 7. The molecule has 30 heavy (non-hydrogen) atoms. The van der Waals surface area contributed by atoms with Gasteiger partial charge in [0, 0.05) is 23.3 Å². The van der Waals surface area contributed by atoms with Crippen molar-refractivity contribution in [2.45, 2.75) is 24.8 Å². The first-order valence-corrected chi connectivity index (χ1v) is 12.8. The molecule has 0 bridgehead atoms. The zero-order valence-corrected chi connectivity index (χ0v) is 18.9. The fourth-order valence-corrected chi connectivity index (χ4v) is 6.45. The molecule has 1 aliphatic heterocycles. The van der Waals surface area contributed by atoms with Gasteiger partial charge in [-0.05, 0) is 37.1 Å². The van der Waals surface area contributed by atoms with E-state index in [9.17, 15) is 18.1 Å². The van der Waals surface area contributed by atoms with Crippen LogP contribution >= 0.6 is 23.1 Å². The van der Waals surface area contributed by atoms with Crippen LogP contribution < -0.4 is 9.47 Å². The molecule has 0 unspecified atom stereocenters. The molecule has 3 aromatic rings. The van der Waals surface area contributed by atoms with Crippen LogP contribution in [-0.4, -0.2) is 37.0 Å². The quantitative estimate of drug-likeness (QED) is 0.428. The van der Waals surface area contributed by atoms with Gasteiger partial charge in [-0.25, -0.2) is 8.42 Å². The number of nitrogens with zero attached hydrogens (tertiary/aromatic N) is 2. The minimum atomic E-state index is -4.24. The molecule has 0 aliphatic carbocycles. The highest BCUT2D eigenvalue weighted by Crippen LogP contribution is 2.46. The smallest absolute Gasteiger partial charge is 0.265 e. The molecule has 4 rings (SSSR count). The van der Waals surface area contributed by atoms with Gasteiger partial charge in [-0.2, -0.15) is 4.57 Å². The molecule has 0 fully saturated rings. The van der Waals surface area contributed by atoms with Crippen LogP contribution in [0.3, 0.4) is 0 Å². The van der Waals surface area contributed by atoms with Gasteiger partial charge in [-0.3, -0.25) is 0 Å². The van der Waals surface area contributed by atoms with Crippen LogP contribution in [-0.2, 0) is 16.7 Å². The summed E-state index contributed by atoms with van der Waals surface area (Å²) in [5.74, 6) is -0.379. The molecular weight excluding hydrogens is 440 g/mol. The van der Waals surface area contributed by atoms with Gasteiger partial charge in [0.1, 0.15) is 11.3 Å². The summed E-state index contributed by atoms with van der Waals surface area (Å²) in [6.45, 7) is 3.04. The summed E-state index contributed by atoms with van der Waals surface area (Å²) in [6.07, 6.45) is 2.35. The molecule has 9 heteroatoms. The van der Waals surface area contributed by atoms with Gasteiger partial charge in [0.05, 0.1) is 26.9 Å². The van der Waals surface area contributed by atoms with Crippen molar-refractivity contribution in [3.05, 3.63) is 58.1 Å². The Morgan fingerprint density at radius 1 is 1.23 bits per heavy atom. The van der Waals surface area contributed by atoms with Gasteiger partial charge >= 0.3 is 0 Å². The van der Waals surface area contributed by atoms with E-state index in [1.54, 1.807) is 23.1 Å². The highest BCUT2D eigenvalue weighted by Gasteiger charge is 2.27. The van der Waals surface area contributed by atoms with E-state index in [-0.39, 0.29) is 18.8 Å². The average molecular weight is 463 g/mol. The van der Waals surface area contributed by atoms with Gasteiger partial charge in [-0.1, -0.05) is 41.3 Å². The van der Waals surface area contributed by atoms with E-state index < -0.39 is 10.1 Å². The standard InChI is InChI=1S/C21H22N2O4S3/c1-15-7-8-17-19(13-15)29-21(23(17)10-11-24)14-20-22(9-4-12-30(25,26)27)16-5-2-3-6-18(16)28-20/h2-3,5-8,13-14,24H,4,9-12H2,1H3. The van der Waals surface area contributed by atoms with Crippen LogP contribution in [0, 0.1) is 6.92 Å². The highest BCUT2D eigenvalue weighted by atomic mass is 32.2. The lowest BCUT2D eigenvalue weighted by atomic mass is 10.2. The van der Waals surface area contributed by atoms with E-state index in [1.807, 2.05) is 24.3 Å². The van der Waals surface area contributed by atoms with E-state index in [0.29, 0.717) is 13.1 Å². The number of thiazole rings is 1. The monoisotopic (exact) mass is 462 g/mol. The summed E-state index contributed by atoms with van der Waals surface area (Å²) in [4.78, 5) is 3.17. The third kappa shape index (κ3) is 4.55. The van der Waals surface area contributed by atoms with Crippen molar-refractivity contribution in [2.75, 3.05) is 23.8 Å². The molecule has 2 aromatic carbocycles. The summed E-state index contributed by atoms with van der Waals surface area (Å²) < 4.78 is 36.4. The summed E-state index contributed by atoms with van der Waals surface area (Å²) in [7, 11) is -4.24. The maximum absolute atomic E-state index is 11.0. The largest absolute Gasteiger partial charge is 0.748 e. The van der Waals surface area contributed by atoms with Gasteiger partial charge in [0.15, 0.2) is 6.54 Å². The number of benzene rings is 2. The topological polar surface area (TPSA) is 84.5 Å². The van der Waals surface area contributed by atoms with Crippen LogP contribution in [0.4, 0.5) is 5.69 Å². The first-order chi connectivity index (χ1) is 14.4. The number of thioether (sulfide) groups is 1. The van der Waals surface area contributed by atoms with E-state index in [4.69, 9.17) is 0 Å².